The highest BCUT2D eigenvalue weighted by Crippen LogP contribution is 2.35. The summed E-state index contributed by atoms with van der Waals surface area (Å²) < 4.78 is 32.8. The maximum absolute atomic E-state index is 12.7. The predicted octanol–water partition coefficient (Wildman–Crippen LogP) is 2.52. The number of sulfonamides is 1. The SMILES string of the molecule is COc1cc(-c2cc3c(cc2NC(=O)NS(=O)(=O)C2C=CN(C4CC4)N2)CCC3)ccn1. The Morgan fingerprint density at radius 1 is 1.22 bits per heavy atom. The monoisotopic (exact) mass is 455 g/mol. The van der Waals surface area contributed by atoms with Crippen molar-refractivity contribution in [3.63, 3.8) is 0 Å². The Hall–Kier alpha value is -3.11. The Bertz CT molecular complexity index is 1190. The Labute approximate surface area is 186 Å². The molecule has 0 saturated heterocycles. The molecule has 1 fully saturated rings. The van der Waals surface area contributed by atoms with Crippen LogP contribution in [0.4, 0.5) is 10.5 Å². The zero-order valence-corrected chi connectivity index (χ0v) is 18.5. The molecule has 1 unspecified atom stereocenters. The van der Waals surface area contributed by atoms with E-state index in [2.05, 4.69) is 26.5 Å². The van der Waals surface area contributed by atoms with Gasteiger partial charge in [-0.05, 0) is 73.1 Å². The number of carbonyl (C=O) groups is 1. The number of pyridine rings is 1. The number of amides is 2. The third kappa shape index (κ3) is 4.15. The molecule has 2 heterocycles. The maximum atomic E-state index is 12.7. The molecule has 9 nitrogen and oxygen atoms in total. The van der Waals surface area contributed by atoms with Crippen LogP contribution in [-0.4, -0.2) is 43.0 Å². The number of methoxy groups -OCH3 is 1. The molecule has 0 radical (unpaired) electrons. The number of urea groups is 1. The summed E-state index contributed by atoms with van der Waals surface area (Å²) in [7, 11) is -2.41. The van der Waals surface area contributed by atoms with E-state index in [0.717, 1.165) is 48.8 Å². The van der Waals surface area contributed by atoms with E-state index >= 15 is 0 Å². The molecule has 168 valence electrons. The van der Waals surface area contributed by atoms with Gasteiger partial charge < -0.3 is 15.1 Å². The summed E-state index contributed by atoms with van der Waals surface area (Å²) in [6.07, 6.45) is 9.90. The van der Waals surface area contributed by atoms with Gasteiger partial charge in [-0.1, -0.05) is 0 Å². The number of anilines is 1. The minimum Gasteiger partial charge on any atom is -0.481 e. The van der Waals surface area contributed by atoms with Crippen LogP contribution in [0.25, 0.3) is 11.1 Å². The molecule has 10 heteroatoms. The van der Waals surface area contributed by atoms with Crippen LogP contribution in [0.1, 0.15) is 30.4 Å². The van der Waals surface area contributed by atoms with Gasteiger partial charge in [0.1, 0.15) is 0 Å². The van der Waals surface area contributed by atoms with Crippen molar-refractivity contribution in [2.45, 2.75) is 43.5 Å². The second-order valence-corrected chi connectivity index (χ2v) is 10.0. The lowest BCUT2D eigenvalue weighted by Crippen LogP contribution is -2.48. The fraction of sp³-hybridized carbons (Fsp3) is 0.364. The molecule has 1 aromatic heterocycles. The fourth-order valence-electron chi connectivity index (χ4n) is 4.15. The number of benzene rings is 1. The van der Waals surface area contributed by atoms with Crippen LogP contribution >= 0.6 is 0 Å². The number of nitrogens with one attached hydrogen (secondary N) is 3. The van der Waals surface area contributed by atoms with Crippen LogP contribution in [0, 0.1) is 0 Å². The first-order valence-corrected chi connectivity index (χ1v) is 12.2. The summed E-state index contributed by atoms with van der Waals surface area (Å²) in [5.41, 5.74) is 7.47. The minimum absolute atomic E-state index is 0.326. The lowest BCUT2D eigenvalue weighted by atomic mass is 9.99. The van der Waals surface area contributed by atoms with Gasteiger partial charge in [0.05, 0.1) is 12.8 Å². The highest BCUT2D eigenvalue weighted by atomic mass is 32.2. The topological polar surface area (TPSA) is 113 Å². The van der Waals surface area contributed by atoms with E-state index < -0.39 is 21.4 Å². The number of aromatic nitrogens is 1. The number of hydrogen-bond acceptors (Lipinski definition) is 7. The van der Waals surface area contributed by atoms with Gasteiger partial charge in [0.15, 0.2) is 5.37 Å². The van der Waals surface area contributed by atoms with Crippen LogP contribution in [0.2, 0.25) is 0 Å². The standard InChI is InChI=1S/C22H25N5O4S/c1-31-20-13-16(7-9-23-20)18-11-14-3-2-4-15(14)12-19(18)24-22(28)26-32(29,30)21-8-10-27(25-21)17-5-6-17/h7-13,17,21,25H,2-6H2,1H3,(H2,24,26,28). The molecule has 2 aliphatic carbocycles. The van der Waals surface area contributed by atoms with Crippen LogP contribution in [0.3, 0.4) is 0 Å². The fourth-order valence-corrected chi connectivity index (χ4v) is 5.13. The van der Waals surface area contributed by atoms with Gasteiger partial charge in [-0.15, -0.1) is 0 Å². The number of hydrazine groups is 1. The van der Waals surface area contributed by atoms with Crippen LogP contribution < -0.4 is 20.2 Å². The molecule has 1 atom stereocenters. The molecule has 5 rings (SSSR count). The van der Waals surface area contributed by atoms with E-state index in [1.165, 1.54) is 11.6 Å². The highest BCUT2D eigenvalue weighted by Gasteiger charge is 2.36. The van der Waals surface area contributed by atoms with Gasteiger partial charge in [-0.2, -0.15) is 0 Å². The quantitative estimate of drug-likeness (QED) is 0.613. The van der Waals surface area contributed by atoms with Crippen molar-refractivity contribution in [1.29, 1.82) is 0 Å². The molecule has 1 aliphatic heterocycles. The molecule has 2 amide bonds. The molecular formula is C22H25N5O4S. The third-order valence-corrected chi connectivity index (χ3v) is 7.34. The summed E-state index contributed by atoms with van der Waals surface area (Å²) in [4.78, 5) is 16.9. The molecule has 3 aliphatic rings. The first-order valence-electron chi connectivity index (χ1n) is 10.6. The predicted molar refractivity (Wildman–Crippen MR) is 120 cm³/mol. The Morgan fingerprint density at radius 3 is 2.75 bits per heavy atom. The van der Waals surface area contributed by atoms with Gasteiger partial charge in [0.2, 0.25) is 5.88 Å². The minimum atomic E-state index is -3.95. The first-order chi connectivity index (χ1) is 15.4. The third-order valence-electron chi connectivity index (χ3n) is 5.94. The van der Waals surface area contributed by atoms with E-state index in [9.17, 15) is 13.2 Å². The largest absolute Gasteiger partial charge is 0.481 e. The van der Waals surface area contributed by atoms with Gasteiger partial charge in [-0.25, -0.2) is 28.3 Å². The number of ether oxygens (including phenoxy) is 1. The average molecular weight is 456 g/mol. The summed E-state index contributed by atoms with van der Waals surface area (Å²) in [5.74, 6) is 0.459. The van der Waals surface area contributed by atoms with E-state index in [1.54, 1.807) is 30.6 Å². The maximum Gasteiger partial charge on any atom is 0.332 e. The Balaban J connectivity index is 1.37. The number of carbonyl (C=O) groups excluding carboxylic acids is 1. The number of fused-ring (bicyclic) bond motifs is 1. The summed E-state index contributed by atoms with van der Waals surface area (Å²) in [6.45, 7) is 0. The smallest absolute Gasteiger partial charge is 0.332 e. The molecule has 32 heavy (non-hydrogen) atoms. The number of rotatable bonds is 6. The van der Waals surface area contributed by atoms with E-state index in [0.29, 0.717) is 17.6 Å². The number of aryl methyl sites for hydroxylation is 2. The van der Waals surface area contributed by atoms with E-state index in [1.807, 2.05) is 12.1 Å². The van der Waals surface area contributed by atoms with Crippen molar-refractivity contribution < 1.29 is 17.9 Å². The molecule has 0 bridgehead atoms. The molecule has 1 saturated carbocycles. The molecule has 3 N–H and O–H groups in total. The van der Waals surface area contributed by atoms with Crippen molar-refractivity contribution in [3.05, 3.63) is 53.9 Å². The summed E-state index contributed by atoms with van der Waals surface area (Å²) >= 11 is 0. The zero-order chi connectivity index (χ0) is 22.3. The highest BCUT2D eigenvalue weighted by molar-refractivity contribution is 7.90. The van der Waals surface area contributed by atoms with Gasteiger partial charge in [0.25, 0.3) is 10.0 Å². The molecular weight excluding hydrogens is 430 g/mol. The molecule has 1 aromatic carbocycles. The summed E-state index contributed by atoms with van der Waals surface area (Å²) in [5, 5.41) is 3.55. The van der Waals surface area contributed by atoms with Gasteiger partial charge in [-0.3, -0.25) is 0 Å². The lowest BCUT2D eigenvalue weighted by molar-refractivity contribution is 0.256. The van der Waals surface area contributed by atoms with Crippen molar-refractivity contribution in [1.82, 2.24) is 20.1 Å². The number of hydrogen-bond donors (Lipinski definition) is 3. The van der Waals surface area contributed by atoms with Crippen LogP contribution in [0.15, 0.2) is 42.7 Å². The van der Waals surface area contributed by atoms with E-state index in [4.69, 9.17) is 4.74 Å². The van der Waals surface area contributed by atoms with Gasteiger partial charge >= 0.3 is 6.03 Å². The molecule has 2 aromatic rings. The summed E-state index contributed by atoms with van der Waals surface area (Å²) in [6, 6.07) is 7.13. The zero-order valence-electron chi connectivity index (χ0n) is 17.7. The second-order valence-electron chi connectivity index (χ2n) is 8.24. The second kappa shape index (κ2) is 8.10. The van der Waals surface area contributed by atoms with Crippen molar-refractivity contribution in [2.24, 2.45) is 0 Å². The van der Waals surface area contributed by atoms with Gasteiger partial charge in [0, 0.05) is 30.1 Å². The van der Waals surface area contributed by atoms with Crippen LogP contribution in [-0.2, 0) is 22.9 Å². The van der Waals surface area contributed by atoms with Crippen molar-refractivity contribution >= 4 is 21.7 Å². The normalized spacial score (nSPS) is 19.7. The number of nitrogens with zero attached hydrogens (tertiary/aromatic N) is 2. The van der Waals surface area contributed by atoms with E-state index in [-0.39, 0.29) is 0 Å². The molecule has 0 spiro atoms. The Morgan fingerprint density at radius 2 is 2.00 bits per heavy atom. The van der Waals surface area contributed by atoms with Crippen molar-refractivity contribution in [3.8, 4) is 17.0 Å². The van der Waals surface area contributed by atoms with Crippen molar-refractivity contribution in [2.75, 3.05) is 12.4 Å². The lowest BCUT2D eigenvalue weighted by Gasteiger charge is -2.20. The Kier molecular flexibility index (Phi) is 5.26. The average Bonchev–Trinajstić information content (AvgIpc) is 3.30. The van der Waals surface area contributed by atoms with Crippen LogP contribution in [0.5, 0.6) is 5.88 Å². The first kappa shape index (κ1) is 20.8.